The van der Waals surface area contributed by atoms with Crippen LogP contribution in [-0.2, 0) is 0 Å². The Labute approximate surface area is 107 Å². The third-order valence-corrected chi connectivity index (χ3v) is 3.29. The highest BCUT2D eigenvalue weighted by Crippen LogP contribution is 2.31. The standard InChI is InChI=1S/C13H19N3O2/c1-14-8-10-9-16(13(17)15(10)2)11-6-4-5-7-12(11)18-3/h4-7,10,14H,8-9H2,1-3H3. The van der Waals surface area contributed by atoms with E-state index in [1.54, 1.807) is 16.9 Å². The van der Waals surface area contributed by atoms with E-state index in [1.165, 1.54) is 0 Å². The van der Waals surface area contributed by atoms with Gasteiger partial charge in [0, 0.05) is 20.1 Å². The maximum atomic E-state index is 12.2. The summed E-state index contributed by atoms with van der Waals surface area (Å²) in [5.41, 5.74) is 0.829. The number of benzene rings is 1. The lowest BCUT2D eigenvalue weighted by atomic mass is 10.2. The Balaban J connectivity index is 2.26. The number of hydrogen-bond acceptors (Lipinski definition) is 3. The summed E-state index contributed by atoms with van der Waals surface area (Å²) in [5.74, 6) is 0.726. The van der Waals surface area contributed by atoms with E-state index < -0.39 is 0 Å². The minimum absolute atomic E-state index is 0.0137. The Morgan fingerprint density at radius 3 is 2.83 bits per heavy atom. The summed E-state index contributed by atoms with van der Waals surface area (Å²) in [4.78, 5) is 15.8. The highest BCUT2D eigenvalue weighted by atomic mass is 16.5. The number of carbonyl (C=O) groups is 1. The molecule has 1 aliphatic rings. The molecule has 1 heterocycles. The quantitative estimate of drug-likeness (QED) is 0.870. The number of nitrogens with one attached hydrogen (secondary N) is 1. The van der Waals surface area contributed by atoms with Gasteiger partial charge in [-0.05, 0) is 19.2 Å². The van der Waals surface area contributed by atoms with E-state index in [2.05, 4.69) is 5.32 Å². The molecule has 0 saturated carbocycles. The maximum Gasteiger partial charge on any atom is 0.324 e. The third kappa shape index (κ3) is 2.13. The van der Waals surface area contributed by atoms with Crippen molar-refractivity contribution in [2.45, 2.75) is 6.04 Å². The molecule has 1 aromatic rings. The van der Waals surface area contributed by atoms with Crippen molar-refractivity contribution in [3.8, 4) is 5.75 Å². The van der Waals surface area contributed by atoms with Crippen LogP contribution in [0.25, 0.3) is 0 Å². The van der Waals surface area contributed by atoms with Gasteiger partial charge in [0.25, 0.3) is 0 Å². The number of anilines is 1. The minimum Gasteiger partial charge on any atom is -0.495 e. The SMILES string of the molecule is CNCC1CN(c2ccccc2OC)C(=O)N1C. The van der Waals surface area contributed by atoms with Gasteiger partial charge in [-0.2, -0.15) is 0 Å². The first-order valence-corrected chi connectivity index (χ1v) is 6.01. The Kier molecular flexibility index (Phi) is 3.72. The molecule has 1 aliphatic heterocycles. The Bertz CT molecular complexity index is 436. The minimum atomic E-state index is 0.0137. The topological polar surface area (TPSA) is 44.8 Å². The summed E-state index contributed by atoms with van der Waals surface area (Å²) in [6, 6.07) is 7.79. The van der Waals surface area contributed by atoms with Crippen molar-refractivity contribution in [1.29, 1.82) is 0 Å². The van der Waals surface area contributed by atoms with E-state index in [9.17, 15) is 4.79 Å². The number of rotatable bonds is 4. The lowest BCUT2D eigenvalue weighted by Crippen LogP contribution is -2.37. The molecule has 0 aliphatic carbocycles. The van der Waals surface area contributed by atoms with Crippen LogP contribution in [-0.4, -0.2) is 51.3 Å². The Morgan fingerprint density at radius 1 is 1.44 bits per heavy atom. The number of amides is 2. The zero-order valence-electron chi connectivity index (χ0n) is 11.0. The maximum absolute atomic E-state index is 12.2. The fourth-order valence-electron chi connectivity index (χ4n) is 2.25. The van der Waals surface area contributed by atoms with E-state index >= 15 is 0 Å². The number of methoxy groups -OCH3 is 1. The average molecular weight is 249 g/mol. The molecule has 2 amide bonds. The first-order valence-electron chi connectivity index (χ1n) is 6.01. The van der Waals surface area contributed by atoms with E-state index in [4.69, 9.17) is 4.74 Å². The van der Waals surface area contributed by atoms with E-state index in [1.807, 2.05) is 38.4 Å². The van der Waals surface area contributed by atoms with Crippen LogP contribution in [0.1, 0.15) is 0 Å². The lowest BCUT2D eigenvalue weighted by Gasteiger charge is -2.18. The summed E-state index contributed by atoms with van der Waals surface area (Å²) < 4.78 is 5.31. The van der Waals surface area contributed by atoms with Gasteiger partial charge in [0.2, 0.25) is 0 Å². The second-order valence-electron chi connectivity index (χ2n) is 4.39. The second kappa shape index (κ2) is 5.27. The van der Waals surface area contributed by atoms with Gasteiger partial charge in [0.15, 0.2) is 0 Å². The molecule has 5 heteroatoms. The van der Waals surface area contributed by atoms with Gasteiger partial charge < -0.3 is 15.0 Å². The van der Waals surface area contributed by atoms with E-state index in [0.29, 0.717) is 6.54 Å². The summed E-state index contributed by atoms with van der Waals surface area (Å²) >= 11 is 0. The number of carbonyl (C=O) groups excluding carboxylic acids is 1. The van der Waals surface area contributed by atoms with Crippen LogP contribution in [0.2, 0.25) is 0 Å². The molecule has 1 saturated heterocycles. The van der Waals surface area contributed by atoms with Crippen molar-refractivity contribution in [3.05, 3.63) is 24.3 Å². The molecule has 1 fully saturated rings. The fraction of sp³-hybridized carbons (Fsp3) is 0.462. The van der Waals surface area contributed by atoms with Crippen LogP contribution in [0.4, 0.5) is 10.5 Å². The Morgan fingerprint density at radius 2 is 2.17 bits per heavy atom. The van der Waals surface area contributed by atoms with Crippen molar-refractivity contribution in [2.75, 3.05) is 39.2 Å². The number of nitrogens with zero attached hydrogens (tertiary/aromatic N) is 2. The van der Waals surface area contributed by atoms with E-state index in [0.717, 1.165) is 18.0 Å². The normalized spacial score (nSPS) is 19.5. The summed E-state index contributed by atoms with van der Waals surface area (Å²) in [6.07, 6.45) is 0. The first kappa shape index (κ1) is 12.7. The van der Waals surface area contributed by atoms with Gasteiger partial charge in [-0.15, -0.1) is 0 Å². The van der Waals surface area contributed by atoms with Gasteiger partial charge in [0.05, 0.1) is 18.8 Å². The molecular formula is C13H19N3O2. The monoisotopic (exact) mass is 249 g/mol. The van der Waals surface area contributed by atoms with Gasteiger partial charge in [0.1, 0.15) is 5.75 Å². The predicted octanol–water partition coefficient (Wildman–Crippen LogP) is 1.15. The van der Waals surface area contributed by atoms with Crippen molar-refractivity contribution in [2.24, 2.45) is 0 Å². The van der Waals surface area contributed by atoms with Crippen molar-refractivity contribution < 1.29 is 9.53 Å². The number of hydrogen-bond donors (Lipinski definition) is 1. The largest absolute Gasteiger partial charge is 0.495 e. The predicted molar refractivity (Wildman–Crippen MR) is 71.2 cm³/mol. The van der Waals surface area contributed by atoms with Crippen LogP contribution in [0.5, 0.6) is 5.75 Å². The van der Waals surface area contributed by atoms with Crippen LogP contribution < -0.4 is 15.0 Å². The van der Waals surface area contributed by atoms with Crippen molar-refractivity contribution >= 4 is 11.7 Å². The first-order chi connectivity index (χ1) is 8.69. The van der Waals surface area contributed by atoms with E-state index in [-0.39, 0.29) is 12.1 Å². The van der Waals surface area contributed by atoms with Crippen LogP contribution >= 0.6 is 0 Å². The second-order valence-corrected chi connectivity index (χ2v) is 4.39. The smallest absolute Gasteiger partial charge is 0.324 e. The van der Waals surface area contributed by atoms with Crippen molar-refractivity contribution in [1.82, 2.24) is 10.2 Å². The highest BCUT2D eigenvalue weighted by Gasteiger charge is 2.35. The van der Waals surface area contributed by atoms with Crippen LogP contribution in [0.15, 0.2) is 24.3 Å². The number of likely N-dealkylation sites (N-methyl/N-ethyl adjacent to an activating group) is 2. The Hall–Kier alpha value is -1.75. The summed E-state index contributed by atoms with van der Waals surface area (Å²) in [5, 5.41) is 3.11. The third-order valence-electron chi connectivity index (χ3n) is 3.29. The molecule has 1 atom stereocenters. The molecule has 2 rings (SSSR count). The van der Waals surface area contributed by atoms with Gasteiger partial charge in [-0.3, -0.25) is 4.90 Å². The van der Waals surface area contributed by atoms with Gasteiger partial charge in [-0.25, -0.2) is 4.79 Å². The van der Waals surface area contributed by atoms with Crippen molar-refractivity contribution in [3.63, 3.8) is 0 Å². The molecular weight excluding hydrogens is 230 g/mol. The van der Waals surface area contributed by atoms with Gasteiger partial charge >= 0.3 is 6.03 Å². The average Bonchev–Trinajstić information content (AvgIpc) is 2.67. The van der Waals surface area contributed by atoms with Crippen LogP contribution in [0, 0.1) is 0 Å². The molecule has 0 radical (unpaired) electrons. The number of urea groups is 1. The zero-order chi connectivity index (χ0) is 13.1. The summed E-state index contributed by atoms with van der Waals surface area (Å²) in [7, 11) is 5.35. The molecule has 98 valence electrons. The van der Waals surface area contributed by atoms with Gasteiger partial charge in [-0.1, -0.05) is 12.1 Å². The van der Waals surface area contributed by atoms with Crippen LogP contribution in [0.3, 0.4) is 0 Å². The molecule has 18 heavy (non-hydrogen) atoms. The highest BCUT2D eigenvalue weighted by molar-refractivity contribution is 5.96. The molecule has 5 nitrogen and oxygen atoms in total. The molecule has 0 spiro atoms. The molecule has 1 aromatic carbocycles. The number of para-hydroxylation sites is 2. The lowest BCUT2D eigenvalue weighted by molar-refractivity contribution is 0.218. The fourth-order valence-corrected chi connectivity index (χ4v) is 2.25. The molecule has 0 bridgehead atoms. The number of ether oxygens (including phenoxy) is 1. The molecule has 1 N–H and O–H groups in total. The summed E-state index contributed by atoms with van der Waals surface area (Å²) in [6.45, 7) is 1.46. The molecule has 0 aromatic heterocycles. The molecule has 1 unspecified atom stereocenters. The zero-order valence-corrected chi connectivity index (χ0v) is 11.0.